The smallest absolute Gasteiger partial charge is 0.296 e. The van der Waals surface area contributed by atoms with Gasteiger partial charge in [0, 0.05) is 12.6 Å². The summed E-state index contributed by atoms with van der Waals surface area (Å²) in [4.78, 5) is 0. The number of hydrogen-bond acceptors (Lipinski definition) is 4. The molecular formula is C18H18ClN5O2S. The topological polar surface area (TPSA) is 103 Å². The summed E-state index contributed by atoms with van der Waals surface area (Å²) in [6, 6.07) is 15.1. The highest BCUT2D eigenvalue weighted by Gasteiger charge is 2.49. The van der Waals surface area contributed by atoms with Gasteiger partial charge in [0.15, 0.2) is 5.82 Å². The highest BCUT2D eigenvalue weighted by Crippen LogP contribution is 2.53. The van der Waals surface area contributed by atoms with E-state index < -0.39 is 10.2 Å². The molecule has 140 valence electrons. The Kier molecular flexibility index (Phi) is 4.21. The third-order valence-corrected chi connectivity index (χ3v) is 5.68. The van der Waals surface area contributed by atoms with Gasteiger partial charge in [0.1, 0.15) is 5.82 Å². The van der Waals surface area contributed by atoms with E-state index >= 15 is 0 Å². The molecule has 9 heteroatoms. The van der Waals surface area contributed by atoms with Crippen LogP contribution in [0.2, 0.25) is 5.02 Å². The summed E-state index contributed by atoms with van der Waals surface area (Å²) in [5, 5.41) is 14.1. The van der Waals surface area contributed by atoms with E-state index in [2.05, 4.69) is 27.1 Å². The van der Waals surface area contributed by atoms with Crippen LogP contribution in [0, 0.1) is 0 Å². The van der Waals surface area contributed by atoms with Crippen molar-refractivity contribution in [3.63, 3.8) is 0 Å². The molecule has 1 aromatic heterocycles. The Bertz CT molecular complexity index is 1110. The maximum atomic E-state index is 11.2. The van der Waals surface area contributed by atoms with Crippen molar-refractivity contribution in [3.05, 3.63) is 64.9 Å². The first kappa shape index (κ1) is 18.0. The van der Waals surface area contributed by atoms with Crippen molar-refractivity contribution >= 4 is 27.5 Å². The maximum Gasteiger partial charge on any atom is 0.296 e. The van der Waals surface area contributed by atoms with E-state index in [1.165, 1.54) is 11.6 Å². The van der Waals surface area contributed by atoms with Gasteiger partial charge in [-0.05, 0) is 36.6 Å². The maximum absolute atomic E-state index is 11.2. The molecule has 27 heavy (non-hydrogen) atoms. The Morgan fingerprint density at radius 1 is 1.15 bits per heavy atom. The van der Waals surface area contributed by atoms with Crippen LogP contribution in [-0.2, 0) is 22.7 Å². The second-order valence-electron chi connectivity index (χ2n) is 6.70. The number of benzene rings is 2. The molecular weight excluding hydrogens is 386 g/mol. The molecule has 1 aliphatic carbocycles. The Morgan fingerprint density at radius 2 is 1.85 bits per heavy atom. The largest absolute Gasteiger partial charge is 0.313 e. The van der Waals surface area contributed by atoms with Gasteiger partial charge in [-0.3, -0.25) is 4.72 Å². The predicted octanol–water partition coefficient (Wildman–Crippen LogP) is 2.83. The Hall–Kier alpha value is -2.42. The molecule has 7 nitrogen and oxygen atoms in total. The fourth-order valence-electron chi connectivity index (χ4n) is 3.43. The number of halogens is 1. The van der Waals surface area contributed by atoms with E-state index in [4.69, 9.17) is 16.7 Å². The Morgan fingerprint density at radius 3 is 2.44 bits per heavy atom. The van der Waals surface area contributed by atoms with Crippen LogP contribution in [0.15, 0.2) is 48.5 Å². The average Bonchev–Trinajstić information content (AvgIpc) is 3.32. The number of rotatable bonds is 5. The molecule has 1 heterocycles. The summed E-state index contributed by atoms with van der Waals surface area (Å²) >= 11 is 6.36. The zero-order valence-electron chi connectivity index (χ0n) is 14.6. The lowest BCUT2D eigenvalue weighted by atomic mass is 9.95. The van der Waals surface area contributed by atoms with Gasteiger partial charge < -0.3 is 4.57 Å². The summed E-state index contributed by atoms with van der Waals surface area (Å²) < 4.78 is 26.5. The molecule has 0 atom stereocenters. The molecule has 0 saturated heterocycles. The second-order valence-corrected chi connectivity index (χ2v) is 8.40. The molecule has 1 fully saturated rings. The van der Waals surface area contributed by atoms with Crippen molar-refractivity contribution in [2.24, 2.45) is 12.2 Å². The van der Waals surface area contributed by atoms with Gasteiger partial charge in [0.2, 0.25) is 0 Å². The Labute approximate surface area is 162 Å². The Balaban J connectivity index is 1.71. The number of nitrogens with one attached hydrogen (secondary N) is 1. The van der Waals surface area contributed by atoms with Gasteiger partial charge >= 0.3 is 0 Å². The van der Waals surface area contributed by atoms with E-state index in [1.54, 1.807) is 12.1 Å². The van der Waals surface area contributed by atoms with Crippen LogP contribution in [-0.4, -0.2) is 23.2 Å². The molecule has 2 aromatic carbocycles. The minimum atomic E-state index is -3.86. The van der Waals surface area contributed by atoms with Gasteiger partial charge in [0.25, 0.3) is 10.2 Å². The number of nitrogens with two attached hydrogens (primary N) is 1. The number of aromatic nitrogens is 3. The summed E-state index contributed by atoms with van der Waals surface area (Å²) in [5.74, 6) is 1.52. The van der Waals surface area contributed by atoms with Crippen molar-refractivity contribution in [3.8, 4) is 11.4 Å². The molecule has 0 spiro atoms. The highest BCUT2D eigenvalue weighted by molar-refractivity contribution is 7.90. The molecule has 0 amide bonds. The quantitative estimate of drug-likeness (QED) is 0.683. The van der Waals surface area contributed by atoms with E-state index in [0.717, 1.165) is 18.7 Å². The van der Waals surface area contributed by atoms with Crippen LogP contribution in [0.5, 0.6) is 0 Å². The third kappa shape index (κ3) is 3.31. The molecule has 0 bridgehead atoms. The van der Waals surface area contributed by atoms with E-state index in [-0.39, 0.29) is 11.1 Å². The van der Waals surface area contributed by atoms with Crippen molar-refractivity contribution in [1.29, 1.82) is 0 Å². The molecule has 1 saturated carbocycles. The monoisotopic (exact) mass is 403 g/mol. The van der Waals surface area contributed by atoms with Gasteiger partial charge in [0.05, 0.1) is 16.1 Å². The lowest BCUT2D eigenvalue weighted by Crippen LogP contribution is -2.21. The lowest BCUT2D eigenvalue weighted by molar-refractivity contribution is 0.603. The number of nitrogens with zero attached hydrogens (tertiary/aromatic N) is 3. The van der Waals surface area contributed by atoms with Crippen LogP contribution in [0.3, 0.4) is 0 Å². The summed E-state index contributed by atoms with van der Waals surface area (Å²) in [6.07, 6.45) is 2.04. The molecule has 3 N–H and O–H groups in total. The van der Waals surface area contributed by atoms with Gasteiger partial charge in [-0.1, -0.05) is 41.9 Å². The average molecular weight is 404 g/mol. The molecule has 1 aliphatic rings. The highest BCUT2D eigenvalue weighted by atomic mass is 35.5. The standard InChI is InChI=1S/C18H18ClN5O2S/c1-24-16(14-8-7-13(11-15(14)19)23-27(20,25)26)21-22-17(24)18(9-10-18)12-5-3-2-4-6-12/h2-8,11,23H,9-10H2,1H3,(H2,20,25,26). The fraction of sp³-hybridized carbons (Fsp3) is 0.222. The normalized spacial score (nSPS) is 15.5. The summed E-state index contributed by atoms with van der Waals surface area (Å²) in [7, 11) is -1.94. The first-order valence-corrected chi connectivity index (χ1v) is 10.3. The van der Waals surface area contributed by atoms with E-state index in [1.807, 2.05) is 29.8 Å². The van der Waals surface area contributed by atoms with Crippen LogP contribution in [0.4, 0.5) is 5.69 Å². The zero-order chi connectivity index (χ0) is 19.2. The third-order valence-electron chi connectivity index (χ3n) is 4.85. The van der Waals surface area contributed by atoms with Crippen molar-refractivity contribution < 1.29 is 8.42 Å². The van der Waals surface area contributed by atoms with Crippen molar-refractivity contribution in [1.82, 2.24) is 14.8 Å². The first-order valence-electron chi connectivity index (χ1n) is 8.36. The van der Waals surface area contributed by atoms with E-state index in [9.17, 15) is 8.42 Å². The number of hydrogen-bond donors (Lipinski definition) is 2. The molecule has 0 unspecified atom stereocenters. The van der Waals surface area contributed by atoms with Gasteiger partial charge in [-0.25, -0.2) is 5.14 Å². The number of anilines is 1. The summed E-state index contributed by atoms with van der Waals surface area (Å²) in [5.41, 5.74) is 2.08. The lowest BCUT2D eigenvalue weighted by Gasteiger charge is -2.15. The van der Waals surface area contributed by atoms with E-state index in [0.29, 0.717) is 16.4 Å². The minimum Gasteiger partial charge on any atom is -0.313 e. The molecule has 3 aromatic rings. The van der Waals surface area contributed by atoms with Gasteiger partial charge in [-0.15, -0.1) is 10.2 Å². The van der Waals surface area contributed by atoms with Crippen LogP contribution >= 0.6 is 11.6 Å². The minimum absolute atomic E-state index is 0.108. The van der Waals surface area contributed by atoms with Crippen LogP contribution < -0.4 is 9.86 Å². The fourth-order valence-corrected chi connectivity index (χ4v) is 4.15. The zero-order valence-corrected chi connectivity index (χ0v) is 16.1. The molecule has 0 radical (unpaired) electrons. The van der Waals surface area contributed by atoms with Crippen molar-refractivity contribution in [2.45, 2.75) is 18.3 Å². The molecule has 0 aliphatic heterocycles. The van der Waals surface area contributed by atoms with Crippen LogP contribution in [0.1, 0.15) is 24.2 Å². The SMILES string of the molecule is Cn1c(-c2ccc(NS(N)(=O)=O)cc2Cl)nnc1C1(c2ccccc2)CC1. The van der Waals surface area contributed by atoms with Gasteiger partial charge in [-0.2, -0.15) is 8.42 Å². The second kappa shape index (κ2) is 6.33. The molecule has 4 rings (SSSR count). The van der Waals surface area contributed by atoms with Crippen molar-refractivity contribution in [2.75, 3.05) is 4.72 Å². The predicted molar refractivity (Wildman–Crippen MR) is 105 cm³/mol. The first-order chi connectivity index (χ1) is 12.8. The summed E-state index contributed by atoms with van der Waals surface area (Å²) in [6.45, 7) is 0. The van der Waals surface area contributed by atoms with Crippen LogP contribution in [0.25, 0.3) is 11.4 Å².